The minimum absolute atomic E-state index is 0.0158. The maximum atomic E-state index is 10.9. The van der Waals surface area contributed by atoms with Crippen LogP contribution in [0.25, 0.3) is 0 Å². The highest BCUT2D eigenvalue weighted by molar-refractivity contribution is 7.20. The maximum absolute atomic E-state index is 10.9. The van der Waals surface area contributed by atoms with Crippen LogP contribution in [0.1, 0.15) is 31.4 Å². The smallest absolute Gasteiger partial charge is 0.317 e. The largest absolute Gasteiger partial charge is 0.480 e. The van der Waals surface area contributed by atoms with Crippen molar-refractivity contribution in [2.24, 2.45) is 5.92 Å². The molecule has 1 N–H and O–H groups in total. The van der Waals surface area contributed by atoms with Crippen LogP contribution in [0.4, 0.5) is 0 Å². The van der Waals surface area contributed by atoms with Gasteiger partial charge in [0.05, 0.1) is 15.2 Å². The number of carboxylic acids is 1. The normalized spacial score (nSPS) is 17.1. The van der Waals surface area contributed by atoms with E-state index in [1.54, 1.807) is 0 Å². The fourth-order valence-electron chi connectivity index (χ4n) is 2.00. The molecule has 1 aromatic rings. The van der Waals surface area contributed by atoms with Crippen molar-refractivity contribution >= 4 is 40.5 Å². The number of carboxylic acid groups (broad SMARTS) is 1. The predicted octanol–water partition coefficient (Wildman–Crippen LogP) is 3.91. The van der Waals surface area contributed by atoms with Gasteiger partial charge in [0, 0.05) is 18.2 Å². The molecule has 0 saturated heterocycles. The van der Waals surface area contributed by atoms with Gasteiger partial charge in [-0.2, -0.15) is 0 Å². The average Bonchev–Trinajstić information content (AvgIpc) is 3.01. The van der Waals surface area contributed by atoms with Crippen molar-refractivity contribution in [3.05, 3.63) is 20.3 Å². The Bertz CT molecular complexity index is 445. The lowest BCUT2D eigenvalue weighted by Gasteiger charge is -2.27. The van der Waals surface area contributed by atoms with Crippen molar-refractivity contribution in [1.82, 2.24) is 4.90 Å². The highest BCUT2D eigenvalue weighted by Gasteiger charge is 2.29. The number of aliphatic carboxylic acids is 1. The number of hydrogen-bond acceptors (Lipinski definition) is 3. The van der Waals surface area contributed by atoms with Crippen LogP contribution < -0.4 is 0 Å². The van der Waals surface area contributed by atoms with Crippen molar-refractivity contribution in [3.8, 4) is 0 Å². The zero-order valence-corrected chi connectivity index (χ0v) is 12.4. The van der Waals surface area contributed by atoms with Crippen molar-refractivity contribution in [3.63, 3.8) is 0 Å². The molecule has 2 rings (SSSR count). The van der Waals surface area contributed by atoms with Crippen LogP contribution in [-0.4, -0.2) is 29.1 Å². The van der Waals surface area contributed by atoms with Gasteiger partial charge in [0.15, 0.2) is 0 Å². The predicted molar refractivity (Wildman–Crippen MR) is 74.7 cm³/mol. The summed E-state index contributed by atoms with van der Waals surface area (Å²) in [5, 5.41) is 8.99. The molecule has 0 aliphatic heterocycles. The average molecular weight is 308 g/mol. The number of halogens is 2. The molecule has 0 bridgehead atoms. The second kappa shape index (κ2) is 5.78. The molecule has 1 fully saturated rings. The lowest BCUT2D eigenvalue weighted by Crippen LogP contribution is -2.34. The molecular weight excluding hydrogens is 293 g/mol. The summed E-state index contributed by atoms with van der Waals surface area (Å²) in [6.07, 6.45) is 2.39. The Labute approximate surface area is 120 Å². The molecule has 0 spiro atoms. The fraction of sp³-hybridized carbons (Fsp3) is 0.583. The van der Waals surface area contributed by atoms with Crippen molar-refractivity contribution in [1.29, 1.82) is 0 Å². The van der Waals surface area contributed by atoms with E-state index >= 15 is 0 Å². The van der Waals surface area contributed by atoms with E-state index in [4.69, 9.17) is 28.3 Å². The zero-order valence-electron chi connectivity index (χ0n) is 10.0. The quantitative estimate of drug-likeness (QED) is 0.866. The van der Waals surface area contributed by atoms with E-state index in [9.17, 15) is 4.79 Å². The van der Waals surface area contributed by atoms with Crippen LogP contribution in [0.5, 0.6) is 0 Å². The summed E-state index contributed by atoms with van der Waals surface area (Å²) in [7, 11) is 0. The molecule has 6 heteroatoms. The first kappa shape index (κ1) is 14.1. The second-order valence-electron chi connectivity index (χ2n) is 4.72. The summed E-state index contributed by atoms with van der Waals surface area (Å²) in [6, 6.07) is 1.82. The van der Waals surface area contributed by atoms with Crippen molar-refractivity contribution < 1.29 is 9.90 Å². The summed E-state index contributed by atoms with van der Waals surface area (Å²) in [5.74, 6) is -0.167. The highest BCUT2D eigenvalue weighted by Crippen LogP contribution is 2.38. The topological polar surface area (TPSA) is 40.5 Å². The third kappa shape index (κ3) is 3.60. The first-order chi connectivity index (χ1) is 8.47. The third-order valence-electron chi connectivity index (χ3n) is 3.21. The molecule has 1 aliphatic rings. The lowest BCUT2D eigenvalue weighted by molar-refractivity contribution is -0.139. The summed E-state index contributed by atoms with van der Waals surface area (Å²) < 4.78 is 1.29. The molecule has 1 aliphatic carbocycles. The number of rotatable bonds is 6. The van der Waals surface area contributed by atoms with Gasteiger partial charge < -0.3 is 5.11 Å². The van der Waals surface area contributed by atoms with E-state index < -0.39 is 5.97 Å². The van der Waals surface area contributed by atoms with Crippen LogP contribution in [-0.2, 0) is 4.79 Å². The van der Waals surface area contributed by atoms with Gasteiger partial charge in [0.1, 0.15) is 0 Å². The Morgan fingerprint density at radius 1 is 1.61 bits per heavy atom. The molecule has 1 unspecified atom stereocenters. The Kier molecular flexibility index (Phi) is 4.54. The van der Waals surface area contributed by atoms with E-state index in [2.05, 4.69) is 0 Å². The number of thiophene rings is 1. The van der Waals surface area contributed by atoms with Gasteiger partial charge in [-0.25, -0.2) is 0 Å². The molecule has 3 nitrogen and oxygen atoms in total. The molecule has 0 aromatic carbocycles. The second-order valence-corrected chi connectivity index (χ2v) is 7.01. The van der Waals surface area contributed by atoms with Gasteiger partial charge in [0.2, 0.25) is 0 Å². The summed E-state index contributed by atoms with van der Waals surface area (Å²) in [5.41, 5.74) is 0.925. The first-order valence-electron chi connectivity index (χ1n) is 5.88. The van der Waals surface area contributed by atoms with E-state index in [1.807, 2.05) is 17.9 Å². The molecule has 1 heterocycles. The summed E-state index contributed by atoms with van der Waals surface area (Å²) in [6.45, 7) is 2.84. The lowest BCUT2D eigenvalue weighted by atomic mass is 10.1. The summed E-state index contributed by atoms with van der Waals surface area (Å²) in [4.78, 5) is 12.9. The Morgan fingerprint density at radius 3 is 2.72 bits per heavy atom. The number of carbonyl (C=O) groups is 1. The minimum atomic E-state index is -0.806. The van der Waals surface area contributed by atoms with E-state index in [0.29, 0.717) is 14.6 Å². The maximum Gasteiger partial charge on any atom is 0.317 e. The van der Waals surface area contributed by atoms with Crippen LogP contribution in [0.15, 0.2) is 6.07 Å². The van der Waals surface area contributed by atoms with E-state index in [1.165, 1.54) is 24.2 Å². The molecule has 0 amide bonds. The van der Waals surface area contributed by atoms with Gasteiger partial charge in [0.25, 0.3) is 0 Å². The van der Waals surface area contributed by atoms with Gasteiger partial charge in [-0.05, 0) is 31.7 Å². The van der Waals surface area contributed by atoms with E-state index in [-0.39, 0.29) is 12.6 Å². The molecule has 1 saturated carbocycles. The van der Waals surface area contributed by atoms with Crippen LogP contribution in [0.3, 0.4) is 0 Å². The van der Waals surface area contributed by atoms with Gasteiger partial charge >= 0.3 is 5.97 Å². The summed E-state index contributed by atoms with van der Waals surface area (Å²) >= 11 is 13.4. The van der Waals surface area contributed by atoms with Gasteiger partial charge in [-0.3, -0.25) is 9.69 Å². The molecular formula is C12H15Cl2NO2S. The van der Waals surface area contributed by atoms with Gasteiger partial charge in [-0.15, -0.1) is 11.3 Å². The first-order valence-corrected chi connectivity index (χ1v) is 7.45. The van der Waals surface area contributed by atoms with Gasteiger partial charge in [-0.1, -0.05) is 23.2 Å². The molecule has 0 radical (unpaired) electrons. The number of hydrogen-bond donors (Lipinski definition) is 1. The van der Waals surface area contributed by atoms with Crippen LogP contribution >= 0.6 is 34.5 Å². The molecule has 18 heavy (non-hydrogen) atoms. The number of nitrogens with zero attached hydrogens (tertiary/aromatic N) is 1. The third-order valence-corrected chi connectivity index (χ3v) is 4.73. The van der Waals surface area contributed by atoms with Crippen molar-refractivity contribution in [2.45, 2.75) is 25.8 Å². The monoisotopic (exact) mass is 307 g/mol. The minimum Gasteiger partial charge on any atom is -0.480 e. The molecule has 1 aromatic heterocycles. The Hall–Kier alpha value is -0.290. The van der Waals surface area contributed by atoms with Crippen molar-refractivity contribution in [2.75, 3.05) is 13.1 Å². The highest BCUT2D eigenvalue weighted by atomic mass is 35.5. The standard InChI is InChI=1S/C12H15Cl2NO2S/c1-7(9-4-10(13)18-12(9)14)15(6-11(16)17)5-8-2-3-8/h4,7-8H,2-3,5-6H2,1H3,(H,16,17). The SMILES string of the molecule is CC(c1cc(Cl)sc1Cl)N(CC(=O)O)CC1CC1. The Balaban J connectivity index is 2.12. The molecule has 100 valence electrons. The Morgan fingerprint density at radius 2 is 2.28 bits per heavy atom. The zero-order chi connectivity index (χ0) is 13.3. The van der Waals surface area contributed by atoms with Crippen LogP contribution in [0.2, 0.25) is 8.67 Å². The van der Waals surface area contributed by atoms with E-state index in [0.717, 1.165) is 12.1 Å². The molecule has 1 atom stereocenters. The fourth-order valence-corrected chi connectivity index (χ4v) is 3.63. The van der Waals surface area contributed by atoms with Crippen LogP contribution in [0, 0.1) is 5.92 Å².